The zero-order valence-corrected chi connectivity index (χ0v) is 16.7. The molecule has 144 valence electrons. The van der Waals surface area contributed by atoms with Gasteiger partial charge in [0, 0.05) is 24.1 Å². The first-order chi connectivity index (χ1) is 13.7. The van der Waals surface area contributed by atoms with Crippen molar-refractivity contribution in [2.24, 2.45) is 0 Å². The molecule has 0 radical (unpaired) electrons. The van der Waals surface area contributed by atoms with Crippen LogP contribution in [-0.4, -0.2) is 23.6 Å². The van der Waals surface area contributed by atoms with Crippen LogP contribution in [0.15, 0.2) is 64.5 Å². The van der Waals surface area contributed by atoms with Crippen LogP contribution in [0.2, 0.25) is 0 Å². The van der Waals surface area contributed by atoms with E-state index in [4.69, 9.17) is 9.72 Å². The number of benzene rings is 2. The van der Waals surface area contributed by atoms with Crippen molar-refractivity contribution in [3.8, 4) is 5.75 Å². The van der Waals surface area contributed by atoms with E-state index in [1.165, 1.54) is 23.0 Å². The molecule has 1 aliphatic rings. The molecule has 0 amide bonds. The van der Waals surface area contributed by atoms with Crippen molar-refractivity contribution in [2.75, 3.05) is 18.6 Å². The molecule has 0 spiro atoms. The van der Waals surface area contributed by atoms with Crippen LogP contribution in [0, 0.1) is 0 Å². The van der Waals surface area contributed by atoms with E-state index in [1.807, 2.05) is 24.3 Å². The molecule has 28 heavy (non-hydrogen) atoms. The molecule has 0 bridgehead atoms. The summed E-state index contributed by atoms with van der Waals surface area (Å²) in [6, 6.07) is 18.0. The number of hydrogen-bond acceptors (Lipinski definition) is 5. The Hall–Kier alpha value is -2.73. The number of aromatic amines is 1. The Kier molecular flexibility index (Phi) is 5.67. The van der Waals surface area contributed by atoms with E-state index in [2.05, 4.69) is 34.1 Å². The van der Waals surface area contributed by atoms with Crippen LogP contribution in [0.4, 0.5) is 5.69 Å². The number of para-hydroxylation sites is 1. The summed E-state index contributed by atoms with van der Waals surface area (Å²) in [5.74, 6) is 1.58. The molecule has 3 aromatic rings. The molecule has 1 aliphatic heterocycles. The number of aromatic nitrogens is 2. The lowest BCUT2D eigenvalue weighted by Gasteiger charge is -2.31. The molecule has 0 fully saturated rings. The van der Waals surface area contributed by atoms with Gasteiger partial charge in [-0.25, -0.2) is 4.98 Å². The smallest absolute Gasteiger partial charge is 0.251 e. The van der Waals surface area contributed by atoms with Gasteiger partial charge in [0.15, 0.2) is 5.16 Å². The minimum Gasteiger partial charge on any atom is -0.497 e. The van der Waals surface area contributed by atoms with E-state index in [1.54, 1.807) is 13.2 Å². The van der Waals surface area contributed by atoms with Crippen molar-refractivity contribution in [3.63, 3.8) is 0 Å². The summed E-state index contributed by atoms with van der Waals surface area (Å²) >= 11 is 1.54. The van der Waals surface area contributed by atoms with Crippen LogP contribution in [0.1, 0.15) is 23.2 Å². The molecule has 0 aliphatic carbocycles. The normalized spacial score (nSPS) is 13.2. The summed E-state index contributed by atoms with van der Waals surface area (Å²) < 4.78 is 5.19. The van der Waals surface area contributed by atoms with E-state index in [0.717, 1.165) is 42.1 Å². The maximum atomic E-state index is 12.1. The maximum Gasteiger partial charge on any atom is 0.251 e. The topological polar surface area (TPSA) is 58.2 Å². The second kappa shape index (κ2) is 8.52. The quantitative estimate of drug-likeness (QED) is 0.506. The average Bonchev–Trinajstić information content (AvgIpc) is 2.72. The fourth-order valence-electron chi connectivity index (χ4n) is 3.48. The minimum atomic E-state index is -0.104. The first kappa shape index (κ1) is 18.6. The second-order valence-corrected chi connectivity index (χ2v) is 7.80. The number of ether oxygens (including phenoxy) is 1. The van der Waals surface area contributed by atoms with Gasteiger partial charge in [-0.1, -0.05) is 42.1 Å². The van der Waals surface area contributed by atoms with Crippen molar-refractivity contribution >= 4 is 17.4 Å². The average molecular weight is 394 g/mol. The summed E-state index contributed by atoms with van der Waals surface area (Å²) in [6.07, 6.45) is 2.23. The van der Waals surface area contributed by atoms with Gasteiger partial charge >= 0.3 is 0 Å². The molecule has 0 saturated heterocycles. The molecule has 2 aromatic carbocycles. The number of methoxy groups -OCH3 is 1. The van der Waals surface area contributed by atoms with E-state index in [-0.39, 0.29) is 5.56 Å². The third-order valence-electron chi connectivity index (χ3n) is 4.87. The summed E-state index contributed by atoms with van der Waals surface area (Å²) in [6.45, 7) is 1.64. The highest BCUT2D eigenvalue weighted by Gasteiger charge is 2.17. The Morgan fingerprint density at radius 3 is 2.82 bits per heavy atom. The Morgan fingerprint density at radius 2 is 2.00 bits per heavy atom. The minimum absolute atomic E-state index is 0.104. The fraction of sp³-hybridized carbons (Fsp3) is 0.273. The lowest BCUT2D eigenvalue weighted by atomic mass is 10.0. The van der Waals surface area contributed by atoms with Crippen molar-refractivity contribution < 1.29 is 4.74 Å². The highest BCUT2D eigenvalue weighted by molar-refractivity contribution is 7.98. The number of nitrogens with one attached hydrogen (secondary N) is 1. The number of H-pyrrole nitrogens is 1. The zero-order chi connectivity index (χ0) is 19.3. The van der Waals surface area contributed by atoms with Crippen molar-refractivity contribution in [1.29, 1.82) is 0 Å². The SMILES string of the molecule is COc1ccc(CSc2nc(CN3CCCc4ccccc43)cc(=O)[nH]2)cc1. The van der Waals surface area contributed by atoms with Gasteiger partial charge in [-0.05, 0) is 42.2 Å². The molecular formula is C22H23N3O2S. The maximum absolute atomic E-state index is 12.1. The van der Waals surface area contributed by atoms with Gasteiger partial charge in [-0.15, -0.1) is 0 Å². The lowest BCUT2D eigenvalue weighted by Crippen LogP contribution is -2.29. The van der Waals surface area contributed by atoms with Crippen molar-refractivity contribution in [3.05, 3.63) is 81.8 Å². The standard InChI is InChI=1S/C22H23N3O2S/c1-27-19-10-8-16(9-11-19)15-28-22-23-18(13-21(26)24-22)14-25-12-4-6-17-5-2-3-7-20(17)25/h2-3,5,7-11,13H,4,6,12,14-15H2,1H3,(H,23,24,26). The van der Waals surface area contributed by atoms with Gasteiger partial charge in [0.05, 0.1) is 19.3 Å². The third kappa shape index (κ3) is 4.39. The molecule has 5 nitrogen and oxygen atoms in total. The van der Waals surface area contributed by atoms with Crippen LogP contribution in [0.3, 0.4) is 0 Å². The van der Waals surface area contributed by atoms with Gasteiger partial charge in [0.25, 0.3) is 5.56 Å². The van der Waals surface area contributed by atoms with Crippen molar-refractivity contribution in [2.45, 2.75) is 30.3 Å². The Bertz CT molecular complexity index is 1000. The predicted molar refractivity (Wildman–Crippen MR) is 113 cm³/mol. The van der Waals surface area contributed by atoms with Crippen LogP contribution in [0.5, 0.6) is 5.75 Å². The van der Waals surface area contributed by atoms with Gasteiger partial charge in [-0.2, -0.15) is 0 Å². The number of thioether (sulfide) groups is 1. The van der Waals surface area contributed by atoms with Crippen LogP contribution >= 0.6 is 11.8 Å². The van der Waals surface area contributed by atoms with E-state index in [9.17, 15) is 4.79 Å². The number of nitrogens with zero attached hydrogens (tertiary/aromatic N) is 2. The number of anilines is 1. The van der Waals surface area contributed by atoms with Crippen LogP contribution < -0.4 is 15.2 Å². The first-order valence-electron chi connectivity index (χ1n) is 9.40. The first-order valence-corrected chi connectivity index (χ1v) is 10.4. The molecule has 1 N–H and O–H groups in total. The van der Waals surface area contributed by atoms with Gasteiger partial charge < -0.3 is 14.6 Å². The highest BCUT2D eigenvalue weighted by Crippen LogP contribution is 2.28. The summed E-state index contributed by atoms with van der Waals surface area (Å²) in [7, 11) is 1.66. The Balaban J connectivity index is 1.47. The van der Waals surface area contributed by atoms with Crippen molar-refractivity contribution in [1.82, 2.24) is 9.97 Å². The number of fused-ring (bicyclic) bond motifs is 1. The lowest BCUT2D eigenvalue weighted by molar-refractivity contribution is 0.414. The highest BCUT2D eigenvalue weighted by atomic mass is 32.2. The van der Waals surface area contributed by atoms with Crippen LogP contribution in [0.25, 0.3) is 0 Å². The zero-order valence-electron chi connectivity index (χ0n) is 15.9. The molecule has 4 rings (SSSR count). The molecular weight excluding hydrogens is 370 g/mol. The largest absolute Gasteiger partial charge is 0.497 e. The third-order valence-corrected chi connectivity index (χ3v) is 5.81. The van der Waals surface area contributed by atoms with Gasteiger partial charge in [0.1, 0.15) is 5.75 Å². The van der Waals surface area contributed by atoms with E-state index < -0.39 is 0 Å². The van der Waals surface area contributed by atoms with Crippen LogP contribution in [-0.2, 0) is 18.7 Å². The molecule has 0 saturated carbocycles. The summed E-state index contributed by atoms with van der Waals surface area (Å²) in [4.78, 5) is 22.0. The molecule has 2 heterocycles. The number of hydrogen-bond donors (Lipinski definition) is 1. The Morgan fingerprint density at radius 1 is 1.18 bits per heavy atom. The fourth-order valence-corrected chi connectivity index (χ4v) is 4.33. The van der Waals surface area contributed by atoms with E-state index in [0.29, 0.717) is 11.7 Å². The number of rotatable bonds is 6. The molecule has 1 aromatic heterocycles. The summed E-state index contributed by atoms with van der Waals surface area (Å²) in [5.41, 5.74) is 4.48. The molecule has 0 atom stereocenters. The molecule has 0 unspecified atom stereocenters. The predicted octanol–water partition coefficient (Wildman–Crippen LogP) is 4.02. The number of aryl methyl sites for hydroxylation is 1. The van der Waals surface area contributed by atoms with Gasteiger partial charge in [0.2, 0.25) is 0 Å². The summed E-state index contributed by atoms with van der Waals surface area (Å²) in [5, 5.41) is 0.656. The monoisotopic (exact) mass is 393 g/mol. The van der Waals surface area contributed by atoms with Gasteiger partial charge in [-0.3, -0.25) is 4.79 Å². The van der Waals surface area contributed by atoms with E-state index >= 15 is 0 Å². The second-order valence-electron chi connectivity index (χ2n) is 6.83. The molecule has 6 heteroatoms. The Labute approximate surface area is 168 Å².